The molecular formula is C30H37N3O6S. The van der Waals surface area contributed by atoms with Crippen LogP contribution in [0.1, 0.15) is 33.3 Å². The van der Waals surface area contributed by atoms with Gasteiger partial charge >= 0.3 is 0 Å². The van der Waals surface area contributed by atoms with Gasteiger partial charge in [-0.2, -0.15) is 0 Å². The molecule has 3 aromatic rings. The van der Waals surface area contributed by atoms with Crippen molar-refractivity contribution in [2.24, 2.45) is 0 Å². The predicted molar refractivity (Wildman–Crippen MR) is 156 cm³/mol. The van der Waals surface area contributed by atoms with E-state index in [1.807, 2.05) is 51.1 Å². The van der Waals surface area contributed by atoms with Gasteiger partial charge in [0.2, 0.25) is 21.8 Å². The highest BCUT2D eigenvalue weighted by molar-refractivity contribution is 7.92. The van der Waals surface area contributed by atoms with Gasteiger partial charge in [0.1, 0.15) is 29.8 Å². The summed E-state index contributed by atoms with van der Waals surface area (Å²) in [5, 5.41) is 2.90. The number of nitrogens with one attached hydrogen (secondary N) is 1. The first kappa shape index (κ1) is 30.5. The van der Waals surface area contributed by atoms with Crippen molar-refractivity contribution in [3.8, 4) is 17.2 Å². The molecule has 0 aliphatic carbocycles. The van der Waals surface area contributed by atoms with Crippen LogP contribution in [0.2, 0.25) is 0 Å². The largest absolute Gasteiger partial charge is 0.497 e. The molecule has 40 heavy (non-hydrogen) atoms. The van der Waals surface area contributed by atoms with Gasteiger partial charge in [0, 0.05) is 12.1 Å². The molecule has 1 unspecified atom stereocenters. The lowest BCUT2D eigenvalue weighted by Gasteiger charge is -2.33. The molecule has 3 aromatic carbocycles. The third-order valence-electron chi connectivity index (χ3n) is 5.96. The van der Waals surface area contributed by atoms with E-state index in [4.69, 9.17) is 9.47 Å². The highest BCUT2D eigenvalue weighted by atomic mass is 32.2. The number of rotatable bonds is 11. The number of benzene rings is 3. The number of carbonyl (C=O) groups excluding carboxylic acids is 2. The predicted octanol–water partition coefficient (Wildman–Crippen LogP) is 4.59. The fourth-order valence-electron chi connectivity index (χ4n) is 3.90. The van der Waals surface area contributed by atoms with Crippen molar-refractivity contribution < 1.29 is 27.5 Å². The van der Waals surface area contributed by atoms with Crippen LogP contribution in [0.25, 0.3) is 0 Å². The zero-order valence-electron chi connectivity index (χ0n) is 23.7. The normalized spacial score (nSPS) is 12.2. The van der Waals surface area contributed by atoms with E-state index in [1.54, 1.807) is 62.6 Å². The van der Waals surface area contributed by atoms with E-state index in [2.05, 4.69) is 5.32 Å². The van der Waals surface area contributed by atoms with E-state index in [9.17, 15) is 18.0 Å². The van der Waals surface area contributed by atoms with E-state index < -0.39 is 34.1 Å². The summed E-state index contributed by atoms with van der Waals surface area (Å²) in [5.41, 5.74) is 0.549. The first-order valence-electron chi connectivity index (χ1n) is 12.8. The van der Waals surface area contributed by atoms with Gasteiger partial charge in [0.15, 0.2) is 0 Å². The number of ether oxygens (including phenoxy) is 2. The molecule has 10 heteroatoms. The number of nitrogens with zero attached hydrogens (tertiary/aromatic N) is 2. The Balaban J connectivity index is 1.87. The van der Waals surface area contributed by atoms with Crippen molar-refractivity contribution in [3.05, 3.63) is 84.4 Å². The zero-order valence-corrected chi connectivity index (χ0v) is 24.6. The summed E-state index contributed by atoms with van der Waals surface area (Å²) in [7, 11) is -2.29. The first-order valence-corrected chi connectivity index (χ1v) is 14.7. The van der Waals surface area contributed by atoms with Gasteiger partial charge in [0.05, 0.1) is 19.1 Å². The Kier molecular flexibility index (Phi) is 9.81. The lowest BCUT2D eigenvalue weighted by molar-refractivity contribution is -0.140. The smallest absolute Gasteiger partial charge is 0.244 e. The molecule has 214 valence electrons. The molecule has 0 bridgehead atoms. The first-order chi connectivity index (χ1) is 18.8. The van der Waals surface area contributed by atoms with Crippen molar-refractivity contribution in [2.45, 2.75) is 45.8 Å². The second kappa shape index (κ2) is 12.9. The van der Waals surface area contributed by atoms with Crippen LogP contribution in [-0.4, -0.2) is 56.6 Å². The number of amides is 2. The molecule has 9 nitrogen and oxygen atoms in total. The molecule has 1 atom stereocenters. The van der Waals surface area contributed by atoms with Gasteiger partial charge in [-0.25, -0.2) is 8.42 Å². The molecule has 0 aliphatic rings. The maximum absolute atomic E-state index is 13.7. The standard InChI is InChI=1S/C30H37N3O6S/c1-22(29(35)31-30(2,3)4)32(20-23-12-16-25(38-5)17-13-23)28(34)21-33(40(6,36)37)24-14-18-27(19-15-24)39-26-10-8-7-9-11-26/h7-19,22H,20-21H2,1-6H3,(H,31,35). The summed E-state index contributed by atoms with van der Waals surface area (Å²) in [4.78, 5) is 28.2. The van der Waals surface area contributed by atoms with Crippen LogP contribution in [0.4, 0.5) is 5.69 Å². The molecule has 0 aliphatic heterocycles. The summed E-state index contributed by atoms with van der Waals surface area (Å²) in [6.45, 7) is 6.80. The average molecular weight is 568 g/mol. The fourth-order valence-corrected chi connectivity index (χ4v) is 4.75. The number of sulfonamides is 1. The van der Waals surface area contributed by atoms with Crippen molar-refractivity contribution in [1.82, 2.24) is 10.2 Å². The number of methoxy groups -OCH3 is 1. The second-order valence-electron chi connectivity index (χ2n) is 10.5. The Morgan fingerprint density at radius 1 is 0.875 bits per heavy atom. The van der Waals surface area contributed by atoms with E-state index >= 15 is 0 Å². The number of hydrogen-bond acceptors (Lipinski definition) is 6. The Hall–Kier alpha value is -4.05. The fraction of sp³-hybridized carbons (Fsp3) is 0.333. The van der Waals surface area contributed by atoms with Crippen LogP contribution in [0.15, 0.2) is 78.9 Å². The summed E-state index contributed by atoms with van der Waals surface area (Å²) >= 11 is 0. The lowest BCUT2D eigenvalue weighted by atomic mass is 10.1. The summed E-state index contributed by atoms with van der Waals surface area (Å²) in [6, 6.07) is 21.9. The molecule has 0 radical (unpaired) electrons. The average Bonchev–Trinajstić information content (AvgIpc) is 2.90. The van der Waals surface area contributed by atoms with Gasteiger partial charge in [0.25, 0.3) is 0 Å². The third-order valence-corrected chi connectivity index (χ3v) is 7.10. The number of anilines is 1. The minimum absolute atomic E-state index is 0.100. The Labute approximate surface area is 236 Å². The van der Waals surface area contributed by atoms with Gasteiger partial charge < -0.3 is 19.7 Å². The van der Waals surface area contributed by atoms with Crippen LogP contribution >= 0.6 is 0 Å². The molecule has 3 rings (SSSR count). The molecule has 0 saturated carbocycles. The van der Waals surface area contributed by atoms with Gasteiger partial charge in [-0.3, -0.25) is 13.9 Å². The van der Waals surface area contributed by atoms with Crippen LogP contribution in [-0.2, 0) is 26.2 Å². The summed E-state index contributed by atoms with van der Waals surface area (Å²) in [5.74, 6) is 0.943. The van der Waals surface area contributed by atoms with E-state index in [0.29, 0.717) is 22.9 Å². The molecule has 0 spiro atoms. The van der Waals surface area contributed by atoms with Crippen molar-refractivity contribution in [2.75, 3.05) is 24.2 Å². The van der Waals surface area contributed by atoms with Crippen LogP contribution < -0.4 is 19.1 Å². The Bertz CT molecular complexity index is 1390. The molecule has 0 aromatic heterocycles. The minimum atomic E-state index is -3.85. The Morgan fingerprint density at radius 2 is 1.43 bits per heavy atom. The minimum Gasteiger partial charge on any atom is -0.497 e. The lowest BCUT2D eigenvalue weighted by Crippen LogP contribution is -2.54. The molecule has 0 heterocycles. The zero-order chi connectivity index (χ0) is 29.5. The molecular weight excluding hydrogens is 530 g/mol. The number of carbonyl (C=O) groups is 2. The maximum Gasteiger partial charge on any atom is 0.244 e. The second-order valence-corrected chi connectivity index (χ2v) is 12.4. The van der Waals surface area contributed by atoms with Crippen LogP contribution in [0.5, 0.6) is 17.2 Å². The summed E-state index contributed by atoms with van der Waals surface area (Å²) in [6.07, 6.45) is 1.04. The van der Waals surface area contributed by atoms with Gasteiger partial charge in [-0.1, -0.05) is 30.3 Å². The third kappa shape index (κ3) is 8.74. The monoisotopic (exact) mass is 567 g/mol. The maximum atomic E-state index is 13.7. The molecule has 0 saturated heterocycles. The van der Waals surface area contributed by atoms with Crippen molar-refractivity contribution >= 4 is 27.5 Å². The van der Waals surface area contributed by atoms with Crippen molar-refractivity contribution in [1.29, 1.82) is 0 Å². The Morgan fingerprint density at radius 3 is 1.95 bits per heavy atom. The van der Waals surface area contributed by atoms with E-state index in [0.717, 1.165) is 16.1 Å². The molecule has 1 N–H and O–H groups in total. The van der Waals surface area contributed by atoms with Gasteiger partial charge in [-0.15, -0.1) is 0 Å². The molecule has 2 amide bonds. The van der Waals surface area contributed by atoms with E-state index in [1.165, 1.54) is 4.90 Å². The van der Waals surface area contributed by atoms with E-state index in [-0.39, 0.29) is 12.5 Å². The van der Waals surface area contributed by atoms with Crippen molar-refractivity contribution in [3.63, 3.8) is 0 Å². The van der Waals surface area contributed by atoms with Crippen LogP contribution in [0, 0.1) is 0 Å². The van der Waals surface area contributed by atoms with Gasteiger partial charge in [-0.05, 0) is 81.8 Å². The quantitative estimate of drug-likeness (QED) is 0.364. The SMILES string of the molecule is COc1ccc(CN(C(=O)CN(c2ccc(Oc3ccccc3)cc2)S(C)(=O)=O)C(C)C(=O)NC(C)(C)C)cc1. The highest BCUT2D eigenvalue weighted by Crippen LogP contribution is 2.26. The van der Waals surface area contributed by atoms with Crippen LogP contribution in [0.3, 0.4) is 0 Å². The number of para-hydroxylation sites is 1. The topological polar surface area (TPSA) is 105 Å². The number of hydrogen-bond donors (Lipinski definition) is 1. The summed E-state index contributed by atoms with van der Waals surface area (Å²) < 4.78 is 37.7. The molecule has 0 fully saturated rings. The highest BCUT2D eigenvalue weighted by Gasteiger charge is 2.31.